The molecule has 0 radical (unpaired) electrons. The van der Waals surface area contributed by atoms with Crippen molar-refractivity contribution >= 4 is 16.8 Å². The average Bonchev–Trinajstić information content (AvgIpc) is 3.30. The monoisotopic (exact) mass is 664 g/mol. The van der Waals surface area contributed by atoms with E-state index in [1.165, 1.54) is 18.4 Å². The highest BCUT2D eigenvalue weighted by Gasteiger charge is 2.19. The molecule has 0 N–H and O–H groups in total. The summed E-state index contributed by atoms with van der Waals surface area (Å²) in [4.78, 5) is 14.7. The molecular formula is C44H44N2O4. The number of likely N-dealkylation sites (tertiary alicyclic amines) is 1. The van der Waals surface area contributed by atoms with Crippen LogP contribution >= 0.6 is 0 Å². The van der Waals surface area contributed by atoms with Crippen molar-refractivity contribution in [1.82, 2.24) is 9.47 Å². The number of ether oxygens (including phenoxy) is 3. The highest BCUT2D eigenvalue weighted by Crippen LogP contribution is 2.37. The zero-order valence-corrected chi connectivity index (χ0v) is 28.7. The van der Waals surface area contributed by atoms with Crippen LogP contribution in [0.15, 0.2) is 127 Å². The van der Waals surface area contributed by atoms with Gasteiger partial charge in [-0.15, -0.1) is 0 Å². The molecule has 0 bridgehead atoms. The van der Waals surface area contributed by atoms with E-state index in [9.17, 15) is 4.79 Å². The maximum absolute atomic E-state index is 12.8. The molecule has 0 saturated carbocycles. The van der Waals surface area contributed by atoms with Crippen LogP contribution in [0.3, 0.4) is 0 Å². The Labute approximate surface area is 294 Å². The standard InChI is InChI=1S/C44H44N2O4/c1-33-41-28-40(49-31-36-14-8-5-9-15-36)24-25-42(41)46(44(33)37-18-22-39(23-19-37)48-30-35-12-6-4-7-13-35)29-34-16-20-38(21-17-34)50-32-43(47)45-26-10-2-3-11-27-45/h4-9,12-25,28H,2-3,10-11,26-27,29-32H2,1H3. The first-order valence-electron chi connectivity index (χ1n) is 17.7. The Morgan fingerprint density at radius 1 is 0.600 bits per heavy atom. The molecule has 1 aliphatic heterocycles. The minimum atomic E-state index is 0.0681. The van der Waals surface area contributed by atoms with E-state index in [0.717, 1.165) is 76.3 Å². The molecule has 7 rings (SSSR count). The number of amides is 1. The maximum Gasteiger partial charge on any atom is 0.260 e. The van der Waals surface area contributed by atoms with Gasteiger partial charge in [0.05, 0.1) is 5.69 Å². The zero-order valence-electron chi connectivity index (χ0n) is 28.7. The quantitative estimate of drug-likeness (QED) is 0.131. The normalized spacial score (nSPS) is 13.2. The second-order valence-electron chi connectivity index (χ2n) is 13.0. The molecule has 2 heterocycles. The van der Waals surface area contributed by atoms with Crippen molar-refractivity contribution in [2.24, 2.45) is 0 Å². The molecule has 5 aromatic carbocycles. The summed E-state index contributed by atoms with van der Waals surface area (Å²) in [5, 5.41) is 1.15. The highest BCUT2D eigenvalue weighted by molar-refractivity contribution is 5.92. The van der Waals surface area contributed by atoms with Crippen molar-refractivity contribution in [2.75, 3.05) is 19.7 Å². The number of carbonyl (C=O) groups is 1. The third kappa shape index (κ3) is 8.03. The predicted molar refractivity (Wildman–Crippen MR) is 200 cm³/mol. The van der Waals surface area contributed by atoms with E-state index < -0.39 is 0 Å². The fourth-order valence-electron chi connectivity index (χ4n) is 6.75. The van der Waals surface area contributed by atoms with Crippen LogP contribution in [0, 0.1) is 6.92 Å². The van der Waals surface area contributed by atoms with Crippen molar-refractivity contribution in [3.8, 4) is 28.5 Å². The summed E-state index contributed by atoms with van der Waals surface area (Å²) in [6, 6.07) is 43.3. The summed E-state index contributed by atoms with van der Waals surface area (Å²) in [7, 11) is 0. The van der Waals surface area contributed by atoms with E-state index in [1.54, 1.807) is 0 Å². The Balaban J connectivity index is 1.12. The Morgan fingerprint density at radius 2 is 1.16 bits per heavy atom. The van der Waals surface area contributed by atoms with Crippen LogP contribution in [-0.4, -0.2) is 35.1 Å². The Hall–Kier alpha value is -5.49. The Bertz CT molecular complexity index is 1990. The lowest BCUT2D eigenvalue weighted by atomic mass is 10.1. The number of aromatic nitrogens is 1. The number of benzene rings is 5. The number of aryl methyl sites for hydroxylation is 1. The molecule has 1 amide bonds. The van der Waals surface area contributed by atoms with E-state index in [-0.39, 0.29) is 12.5 Å². The second-order valence-corrected chi connectivity index (χ2v) is 13.0. The smallest absolute Gasteiger partial charge is 0.260 e. The van der Waals surface area contributed by atoms with Gasteiger partial charge in [0, 0.05) is 30.5 Å². The average molecular weight is 665 g/mol. The van der Waals surface area contributed by atoms with Gasteiger partial charge in [-0.25, -0.2) is 0 Å². The first-order chi connectivity index (χ1) is 24.6. The molecular weight excluding hydrogens is 620 g/mol. The lowest BCUT2D eigenvalue weighted by Crippen LogP contribution is -2.35. The lowest BCUT2D eigenvalue weighted by Gasteiger charge is -2.20. The van der Waals surface area contributed by atoms with Crippen molar-refractivity contribution in [1.29, 1.82) is 0 Å². The Morgan fingerprint density at radius 3 is 1.80 bits per heavy atom. The van der Waals surface area contributed by atoms with Gasteiger partial charge >= 0.3 is 0 Å². The van der Waals surface area contributed by atoms with Gasteiger partial charge in [0.1, 0.15) is 30.5 Å². The molecule has 1 fully saturated rings. The van der Waals surface area contributed by atoms with Crippen LogP contribution in [0.25, 0.3) is 22.2 Å². The van der Waals surface area contributed by atoms with Crippen LogP contribution in [-0.2, 0) is 24.6 Å². The number of carbonyl (C=O) groups excluding carboxylic acids is 1. The summed E-state index contributed by atoms with van der Waals surface area (Å²) in [6.45, 7) is 5.63. The van der Waals surface area contributed by atoms with E-state index in [1.807, 2.05) is 65.6 Å². The lowest BCUT2D eigenvalue weighted by molar-refractivity contribution is -0.133. The SMILES string of the molecule is Cc1c(-c2ccc(OCc3ccccc3)cc2)n(Cc2ccc(OCC(=O)N3CCCCCC3)cc2)c2ccc(OCc3ccccc3)cc12. The first kappa shape index (κ1) is 33.0. The molecule has 6 heteroatoms. The summed E-state index contributed by atoms with van der Waals surface area (Å²) in [6.07, 6.45) is 4.54. The molecule has 1 aliphatic rings. The molecule has 50 heavy (non-hydrogen) atoms. The molecule has 1 saturated heterocycles. The van der Waals surface area contributed by atoms with Gasteiger partial charge in [-0.3, -0.25) is 4.79 Å². The third-order valence-electron chi connectivity index (χ3n) is 9.50. The topological polar surface area (TPSA) is 52.9 Å². The highest BCUT2D eigenvalue weighted by atomic mass is 16.5. The van der Waals surface area contributed by atoms with Crippen LogP contribution in [0.1, 0.15) is 47.9 Å². The zero-order chi connectivity index (χ0) is 34.1. The molecule has 0 atom stereocenters. The van der Waals surface area contributed by atoms with Gasteiger partial charge in [0.2, 0.25) is 0 Å². The van der Waals surface area contributed by atoms with Crippen molar-refractivity contribution in [3.63, 3.8) is 0 Å². The van der Waals surface area contributed by atoms with E-state index in [2.05, 4.69) is 78.2 Å². The molecule has 0 spiro atoms. The third-order valence-corrected chi connectivity index (χ3v) is 9.50. The number of rotatable bonds is 12. The largest absolute Gasteiger partial charge is 0.489 e. The van der Waals surface area contributed by atoms with Gasteiger partial charge in [-0.05, 0) is 102 Å². The number of hydrogen-bond donors (Lipinski definition) is 0. The summed E-state index contributed by atoms with van der Waals surface area (Å²) >= 11 is 0. The van der Waals surface area contributed by atoms with Crippen molar-refractivity contribution < 1.29 is 19.0 Å². The summed E-state index contributed by atoms with van der Waals surface area (Å²) in [5.74, 6) is 2.45. The minimum absolute atomic E-state index is 0.0681. The summed E-state index contributed by atoms with van der Waals surface area (Å²) < 4.78 is 20.7. The molecule has 6 aromatic rings. The second kappa shape index (κ2) is 15.8. The molecule has 0 aliphatic carbocycles. The van der Waals surface area contributed by atoms with Gasteiger partial charge in [0.25, 0.3) is 5.91 Å². The minimum Gasteiger partial charge on any atom is -0.489 e. The number of hydrogen-bond acceptors (Lipinski definition) is 4. The van der Waals surface area contributed by atoms with Gasteiger partial charge in [-0.2, -0.15) is 0 Å². The molecule has 254 valence electrons. The number of fused-ring (bicyclic) bond motifs is 1. The Kier molecular flexibility index (Phi) is 10.4. The number of nitrogens with zero attached hydrogens (tertiary/aromatic N) is 2. The van der Waals surface area contributed by atoms with Crippen LogP contribution in [0.5, 0.6) is 17.2 Å². The molecule has 1 aromatic heterocycles. The predicted octanol–water partition coefficient (Wildman–Crippen LogP) is 9.60. The van der Waals surface area contributed by atoms with Crippen LogP contribution < -0.4 is 14.2 Å². The fraction of sp³-hybridized carbons (Fsp3) is 0.250. The van der Waals surface area contributed by atoms with Gasteiger partial charge in [-0.1, -0.05) is 85.6 Å². The molecule has 0 unspecified atom stereocenters. The maximum atomic E-state index is 12.8. The molecule has 6 nitrogen and oxygen atoms in total. The van der Waals surface area contributed by atoms with E-state index >= 15 is 0 Å². The first-order valence-corrected chi connectivity index (χ1v) is 17.7. The summed E-state index contributed by atoms with van der Waals surface area (Å²) in [5.41, 5.74) is 8.01. The van der Waals surface area contributed by atoms with E-state index in [0.29, 0.717) is 25.5 Å². The fourth-order valence-corrected chi connectivity index (χ4v) is 6.75. The van der Waals surface area contributed by atoms with Crippen LogP contribution in [0.4, 0.5) is 0 Å². The van der Waals surface area contributed by atoms with Gasteiger partial charge in [0.15, 0.2) is 6.61 Å². The van der Waals surface area contributed by atoms with Gasteiger partial charge < -0.3 is 23.7 Å². The van der Waals surface area contributed by atoms with Crippen LogP contribution in [0.2, 0.25) is 0 Å². The van der Waals surface area contributed by atoms with Crippen molar-refractivity contribution in [3.05, 3.63) is 150 Å². The van der Waals surface area contributed by atoms with Crippen molar-refractivity contribution in [2.45, 2.75) is 52.4 Å². The van der Waals surface area contributed by atoms with E-state index in [4.69, 9.17) is 14.2 Å².